The minimum Gasteiger partial charge on any atom is -0.280 e. The molecule has 0 amide bonds. The number of aromatic nitrogens is 1. The SMILES string of the molecule is CS(=O)(=O)CS(=O)(=O)Nc1cnccc1I. The normalized spacial score (nSPS) is 12.4. The van der Waals surface area contributed by atoms with Crippen LogP contribution < -0.4 is 4.72 Å². The minimum atomic E-state index is -3.90. The van der Waals surface area contributed by atoms with Crippen LogP contribution in [-0.2, 0) is 19.9 Å². The number of sulfone groups is 1. The zero-order valence-electron chi connectivity index (χ0n) is 8.21. The van der Waals surface area contributed by atoms with Crippen LogP contribution in [0.3, 0.4) is 0 Å². The molecule has 1 heterocycles. The molecule has 6 nitrogen and oxygen atoms in total. The van der Waals surface area contributed by atoms with E-state index in [0.717, 1.165) is 6.26 Å². The topological polar surface area (TPSA) is 93.2 Å². The van der Waals surface area contributed by atoms with Crippen molar-refractivity contribution in [1.82, 2.24) is 4.98 Å². The molecule has 0 saturated heterocycles. The van der Waals surface area contributed by atoms with Crippen molar-refractivity contribution in [3.05, 3.63) is 22.0 Å². The lowest BCUT2D eigenvalue weighted by Gasteiger charge is -2.07. The lowest BCUT2D eigenvalue weighted by molar-refractivity contribution is 0.595. The smallest absolute Gasteiger partial charge is 0.247 e. The Morgan fingerprint density at radius 1 is 1.38 bits per heavy atom. The zero-order valence-corrected chi connectivity index (χ0v) is 12.0. The molecule has 90 valence electrons. The van der Waals surface area contributed by atoms with Crippen LogP contribution in [0, 0.1) is 3.57 Å². The molecule has 0 atom stereocenters. The molecule has 0 aliphatic heterocycles. The molecule has 1 aromatic heterocycles. The Bertz CT molecular complexity index is 582. The fourth-order valence-electron chi connectivity index (χ4n) is 0.931. The first-order valence-electron chi connectivity index (χ1n) is 3.97. The second-order valence-electron chi connectivity index (χ2n) is 3.12. The molecule has 1 rings (SSSR count). The number of sulfonamides is 1. The number of hydrogen-bond acceptors (Lipinski definition) is 5. The molecule has 0 bridgehead atoms. The second-order valence-corrected chi connectivity index (χ2v) is 8.51. The molecule has 16 heavy (non-hydrogen) atoms. The predicted molar refractivity (Wildman–Crippen MR) is 69.2 cm³/mol. The van der Waals surface area contributed by atoms with Crippen LogP contribution in [0.1, 0.15) is 0 Å². The summed E-state index contributed by atoms with van der Waals surface area (Å²) in [4.78, 5) is 3.74. The van der Waals surface area contributed by atoms with E-state index in [1.807, 2.05) is 22.6 Å². The molecule has 0 aromatic carbocycles. The van der Waals surface area contributed by atoms with Crippen molar-refractivity contribution in [1.29, 1.82) is 0 Å². The van der Waals surface area contributed by atoms with E-state index in [-0.39, 0.29) is 5.69 Å². The molecule has 1 aromatic rings. The summed E-state index contributed by atoms with van der Waals surface area (Å²) in [5.74, 6) is 0. The summed E-state index contributed by atoms with van der Waals surface area (Å²) in [5.41, 5.74) is 0.270. The molecular formula is C7H9IN2O4S2. The van der Waals surface area contributed by atoms with Crippen LogP contribution in [0.25, 0.3) is 0 Å². The Morgan fingerprint density at radius 2 is 2.00 bits per heavy atom. The van der Waals surface area contributed by atoms with Crippen molar-refractivity contribution in [2.75, 3.05) is 16.1 Å². The van der Waals surface area contributed by atoms with Crippen LogP contribution in [0.15, 0.2) is 18.5 Å². The molecule has 0 saturated carbocycles. The van der Waals surface area contributed by atoms with Gasteiger partial charge in [0.25, 0.3) is 0 Å². The predicted octanol–water partition coefficient (Wildman–Crippen LogP) is 0.430. The Kier molecular flexibility index (Phi) is 4.12. The highest BCUT2D eigenvalue weighted by Crippen LogP contribution is 2.17. The molecule has 0 spiro atoms. The third-order valence-corrected chi connectivity index (χ3v) is 5.83. The van der Waals surface area contributed by atoms with Crippen LogP contribution in [0.2, 0.25) is 0 Å². The van der Waals surface area contributed by atoms with Gasteiger partial charge < -0.3 is 0 Å². The van der Waals surface area contributed by atoms with Crippen molar-refractivity contribution >= 4 is 48.1 Å². The Hall–Kier alpha value is -0.420. The highest BCUT2D eigenvalue weighted by Gasteiger charge is 2.18. The summed E-state index contributed by atoms with van der Waals surface area (Å²) in [6.07, 6.45) is 3.69. The Morgan fingerprint density at radius 3 is 2.50 bits per heavy atom. The third kappa shape index (κ3) is 4.61. The molecule has 0 unspecified atom stereocenters. The van der Waals surface area contributed by atoms with Crippen molar-refractivity contribution in [2.24, 2.45) is 0 Å². The van der Waals surface area contributed by atoms with E-state index < -0.39 is 24.9 Å². The fourth-order valence-corrected chi connectivity index (χ4v) is 4.54. The number of pyridine rings is 1. The average molecular weight is 376 g/mol. The molecule has 0 radical (unpaired) electrons. The summed E-state index contributed by atoms with van der Waals surface area (Å²) in [6.45, 7) is 0. The van der Waals surface area contributed by atoms with Crippen LogP contribution >= 0.6 is 22.6 Å². The lowest BCUT2D eigenvalue weighted by Crippen LogP contribution is -2.22. The first-order chi connectivity index (χ1) is 7.20. The first-order valence-corrected chi connectivity index (χ1v) is 8.76. The fraction of sp³-hybridized carbons (Fsp3) is 0.286. The van der Waals surface area contributed by atoms with Gasteiger partial charge >= 0.3 is 0 Å². The standard InChI is InChI=1S/C7H9IN2O4S2/c1-15(11,12)5-16(13,14)10-7-4-9-3-2-6(7)8/h2-4,10H,5H2,1H3. The van der Waals surface area contributed by atoms with Gasteiger partial charge in [0.15, 0.2) is 14.9 Å². The van der Waals surface area contributed by atoms with E-state index in [0.29, 0.717) is 3.57 Å². The summed E-state index contributed by atoms with van der Waals surface area (Å²) in [5, 5.41) is -0.940. The molecule has 1 N–H and O–H groups in total. The quantitative estimate of drug-likeness (QED) is 0.770. The van der Waals surface area contributed by atoms with Crippen LogP contribution in [0.4, 0.5) is 5.69 Å². The largest absolute Gasteiger partial charge is 0.280 e. The van der Waals surface area contributed by atoms with Gasteiger partial charge in [0.2, 0.25) is 10.0 Å². The van der Waals surface area contributed by atoms with Crippen molar-refractivity contribution in [3.63, 3.8) is 0 Å². The number of nitrogens with zero attached hydrogens (tertiary/aromatic N) is 1. The monoisotopic (exact) mass is 376 g/mol. The number of rotatable bonds is 4. The van der Waals surface area contributed by atoms with E-state index in [1.165, 1.54) is 12.4 Å². The maximum absolute atomic E-state index is 11.4. The summed E-state index contributed by atoms with van der Waals surface area (Å²) >= 11 is 1.92. The third-order valence-electron chi connectivity index (χ3n) is 1.40. The van der Waals surface area contributed by atoms with Gasteiger partial charge in [-0.3, -0.25) is 9.71 Å². The van der Waals surface area contributed by atoms with Gasteiger partial charge in [-0.1, -0.05) is 0 Å². The van der Waals surface area contributed by atoms with Gasteiger partial charge in [-0.15, -0.1) is 0 Å². The Balaban J connectivity index is 2.95. The first kappa shape index (κ1) is 13.6. The average Bonchev–Trinajstić information content (AvgIpc) is 2.04. The Labute approximate surface area is 108 Å². The van der Waals surface area contributed by atoms with Gasteiger partial charge in [0.05, 0.1) is 11.9 Å². The summed E-state index contributed by atoms with van der Waals surface area (Å²) in [7, 11) is -7.49. The number of anilines is 1. The van der Waals surface area contributed by atoms with E-state index in [2.05, 4.69) is 9.71 Å². The zero-order chi connectivity index (χ0) is 12.4. The van der Waals surface area contributed by atoms with E-state index in [4.69, 9.17) is 0 Å². The minimum absolute atomic E-state index is 0.270. The van der Waals surface area contributed by atoms with Gasteiger partial charge in [-0.05, 0) is 28.7 Å². The van der Waals surface area contributed by atoms with Crippen molar-refractivity contribution < 1.29 is 16.8 Å². The maximum atomic E-state index is 11.4. The molecule has 0 aliphatic carbocycles. The highest BCUT2D eigenvalue weighted by molar-refractivity contribution is 14.1. The van der Waals surface area contributed by atoms with E-state index in [1.54, 1.807) is 6.07 Å². The number of nitrogens with one attached hydrogen (secondary N) is 1. The maximum Gasteiger partial charge on any atom is 0.247 e. The molecular weight excluding hydrogens is 367 g/mol. The number of halogens is 1. The van der Waals surface area contributed by atoms with Crippen molar-refractivity contribution in [3.8, 4) is 0 Å². The van der Waals surface area contributed by atoms with E-state index in [9.17, 15) is 16.8 Å². The summed E-state index contributed by atoms with van der Waals surface area (Å²) < 4.78 is 47.5. The van der Waals surface area contributed by atoms with Crippen LogP contribution in [-0.4, -0.2) is 33.2 Å². The van der Waals surface area contributed by atoms with Crippen molar-refractivity contribution in [2.45, 2.75) is 0 Å². The molecule has 0 fully saturated rings. The van der Waals surface area contributed by atoms with Gasteiger partial charge in [-0.2, -0.15) is 0 Å². The van der Waals surface area contributed by atoms with Gasteiger partial charge in [0.1, 0.15) is 0 Å². The highest BCUT2D eigenvalue weighted by atomic mass is 127. The second kappa shape index (κ2) is 4.84. The lowest BCUT2D eigenvalue weighted by atomic mass is 10.4. The van der Waals surface area contributed by atoms with Crippen LogP contribution in [0.5, 0.6) is 0 Å². The van der Waals surface area contributed by atoms with Gasteiger partial charge in [-0.25, -0.2) is 16.8 Å². The molecule has 0 aliphatic rings. The van der Waals surface area contributed by atoms with Gasteiger partial charge in [0, 0.05) is 16.0 Å². The van der Waals surface area contributed by atoms with E-state index >= 15 is 0 Å². The molecule has 9 heteroatoms. The summed E-state index contributed by atoms with van der Waals surface area (Å²) in [6, 6.07) is 1.61. The number of hydrogen-bond donors (Lipinski definition) is 1.